The zero-order valence-corrected chi connectivity index (χ0v) is 50.8. The molecule has 1 spiro atoms. The summed E-state index contributed by atoms with van der Waals surface area (Å²) in [5.41, 5.74) is 19.9. The van der Waals surface area contributed by atoms with Gasteiger partial charge in [0.05, 0.1) is 21.5 Å². The highest BCUT2D eigenvalue weighted by atomic mass is 32.1. The molecule has 0 bridgehead atoms. The molecule has 0 saturated carbocycles. The first-order chi connectivity index (χ1) is 39.1. The van der Waals surface area contributed by atoms with Gasteiger partial charge >= 0.3 is 0 Å². The van der Waals surface area contributed by atoms with Gasteiger partial charge in [-0.25, -0.2) is 4.39 Å². The Morgan fingerprint density at radius 1 is 0.341 bits per heavy atom. The molecule has 0 amide bonds. The Bertz CT molecular complexity index is 4420. The van der Waals surface area contributed by atoms with Crippen molar-refractivity contribution < 1.29 is 4.39 Å². The summed E-state index contributed by atoms with van der Waals surface area (Å²) < 4.78 is 21.2. The molecule has 2 heterocycles. The number of hydrogen-bond acceptors (Lipinski definition) is 4. The zero-order chi connectivity index (χ0) is 57.0. The molecule has 2 nitrogen and oxygen atoms in total. The minimum absolute atomic E-state index is 0.0248. The Kier molecular flexibility index (Phi) is 11.7. The Morgan fingerprint density at radius 2 is 0.732 bits per heavy atom. The van der Waals surface area contributed by atoms with Gasteiger partial charge in [0.1, 0.15) is 5.82 Å². The highest BCUT2D eigenvalue weighted by Gasteiger charge is 2.54. The van der Waals surface area contributed by atoms with Gasteiger partial charge in [-0.2, -0.15) is 0 Å². The van der Waals surface area contributed by atoms with Crippen LogP contribution in [0.1, 0.15) is 128 Å². The van der Waals surface area contributed by atoms with Crippen LogP contribution in [0.2, 0.25) is 0 Å². The van der Waals surface area contributed by atoms with Crippen molar-refractivity contribution in [2.45, 2.75) is 110 Å². The van der Waals surface area contributed by atoms with E-state index in [2.05, 4.69) is 281 Å². The summed E-state index contributed by atoms with van der Waals surface area (Å²) in [6.45, 7) is 27.5. The molecule has 1 unspecified atom stereocenters. The van der Waals surface area contributed by atoms with E-state index in [0.717, 1.165) is 56.4 Å². The Morgan fingerprint density at radius 3 is 1.22 bits per heavy atom. The Balaban J connectivity index is 1.17. The summed E-state index contributed by atoms with van der Waals surface area (Å²) in [5, 5.41) is 4.94. The van der Waals surface area contributed by atoms with Crippen LogP contribution in [-0.4, -0.2) is 0 Å². The van der Waals surface area contributed by atoms with Gasteiger partial charge in [-0.05, 0) is 168 Å². The molecule has 12 aromatic rings. The maximum Gasteiger partial charge on any atom is 0.123 e. The van der Waals surface area contributed by atoms with Crippen LogP contribution < -0.4 is 9.80 Å². The van der Waals surface area contributed by atoms with E-state index in [1.807, 2.05) is 22.7 Å². The topological polar surface area (TPSA) is 6.48 Å². The van der Waals surface area contributed by atoms with E-state index in [1.165, 1.54) is 84.9 Å². The van der Waals surface area contributed by atoms with Crippen LogP contribution in [0.5, 0.6) is 0 Å². The minimum Gasteiger partial charge on any atom is -0.310 e. The van der Waals surface area contributed by atoms with Crippen molar-refractivity contribution in [3.05, 3.63) is 251 Å². The van der Waals surface area contributed by atoms with Gasteiger partial charge < -0.3 is 9.80 Å². The normalized spacial score (nSPS) is 14.9. The second-order valence-corrected chi connectivity index (χ2v) is 29.2. The smallest absolute Gasteiger partial charge is 0.123 e. The van der Waals surface area contributed by atoms with Gasteiger partial charge in [-0.15, -0.1) is 22.7 Å². The van der Waals surface area contributed by atoms with E-state index in [9.17, 15) is 0 Å². The summed E-state index contributed by atoms with van der Waals surface area (Å²) in [5.74, 6) is -0.239. The summed E-state index contributed by atoms with van der Waals surface area (Å²) in [6.07, 6.45) is 0. The van der Waals surface area contributed by atoms with E-state index in [1.54, 1.807) is 12.1 Å². The Hall–Kier alpha value is -7.83. The van der Waals surface area contributed by atoms with Crippen molar-refractivity contribution in [1.82, 2.24) is 0 Å². The van der Waals surface area contributed by atoms with Crippen molar-refractivity contribution >= 4 is 97.1 Å². The molecule has 0 N–H and O–H groups in total. The zero-order valence-electron chi connectivity index (χ0n) is 49.1. The first kappa shape index (κ1) is 52.3. The largest absolute Gasteiger partial charge is 0.310 e. The van der Waals surface area contributed by atoms with Crippen molar-refractivity contribution in [2.75, 3.05) is 9.80 Å². The third-order valence-corrected chi connectivity index (χ3v) is 20.2. The third-order valence-electron chi connectivity index (χ3n) is 17.8. The van der Waals surface area contributed by atoms with E-state index >= 15 is 4.39 Å². The molecule has 2 aromatic heterocycles. The van der Waals surface area contributed by atoms with E-state index in [-0.39, 0.29) is 27.5 Å². The van der Waals surface area contributed by atoms with Crippen LogP contribution in [0.3, 0.4) is 0 Å². The van der Waals surface area contributed by atoms with Crippen LogP contribution >= 0.6 is 22.7 Å². The molecule has 2 aliphatic carbocycles. The lowest BCUT2D eigenvalue weighted by Gasteiger charge is -2.34. The summed E-state index contributed by atoms with van der Waals surface area (Å²) in [7, 11) is 0. The molecule has 5 heteroatoms. The number of anilines is 6. The molecule has 0 saturated heterocycles. The van der Waals surface area contributed by atoms with Crippen molar-refractivity contribution in [3.63, 3.8) is 0 Å². The lowest BCUT2D eigenvalue weighted by Crippen LogP contribution is -2.27. The molecule has 0 radical (unpaired) electrons. The number of rotatable bonds is 6. The minimum atomic E-state index is -0.870. The fourth-order valence-corrected chi connectivity index (χ4v) is 16.0. The first-order valence-corrected chi connectivity index (χ1v) is 30.6. The third kappa shape index (κ3) is 7.97. The number of benzene rings is 10. The second kappa shape index (κ2) is 18.3. The highest BCUT2D eigenvalue weighted by molar-refractivity contribution is 7.27. The number of halogens is 1. The second-order valence-electron chi connectivity index (χ2n) is 27.1. The summed E-state index contributed by atoms with van der Waals surface area (Å²) in [4.78, 5) is 5.04. The van der Waals surface area contributed by atoms with Crippen molar-refractivity contribution in [1.29, 1.82) is 0 Å². The van der Waals surface area contributed by atoms with E-state index < -0.39 is 5.41 Å². The highest BCUT2D eigenvalue weighted by Crippen LogP contribution is 2.69. The van der Waals surface area contributed by atoms with Crippen molar-refractivity contribution in [3.8, 4) is 22.3 Å². The van der Waals surface area contributed by atoms with Crippen molar-refractivity contribution in [2.24, 2.45) is 0 Å². The van der Waals surface area contributed by atoms with Gasteiger partial charge in [0, 0.05) is 64.0 Å². The van der Waals surface area contributed by atoms with Gasteiger partial charge in [-0.1, -0.05) is 198 Å². The lowest BCUT2D eigenvalue weighted by atomic mass is 9.70. The molecule has 82 heavy (non-hydrogen) atoms. The molecule has 14 rings (SSSR count). The predicted octanol–water partition coefficient (Wildman–Crippen LogP) is 23.0. The molecular weight excluding hydrogens is 1040 g/mol. The molecule has 0 fully saturated rings. The standard InChI is InChI=1S/C77H69FN2S2/c1-73(2,3)46-25-34-51(35-26-46)79(52-36-27-47(28-37-52)74(4,5)6)63-44-62-70(72-67(63)56-20-14-17-23-65(56)82-72)69-61(77(62)59-22-16-13-19-55(59)58-43-50(78)33-42-60(58)77)45-64(71-68(69)57-21-15-18-24-66(57)81-71)80(53-38-29-48(30-39-53)75(7,8)9)54-40-31-49(32-41-54)76(10,11)12/h13-45H,1-12H3. The average molecular weight is 1110 g/mol. The summed E-state index contributed by atoms with van der Waals surface area (Å²) in [6, 6.07) is 74.8. The number of nitrogens with zero attached hydrogens (tertiary/aromatic N) is 2. The van der Waals surface area contributed by atoms with Gasteiger partial charge in [0.2, 0.25) is 0 Å². The van der Waals surface area contributed by atoms with Crippen LogP contribution in [0.25, 0.3) is 62.6 Å². The van der Waals surface area contributed by atoms with Crippen LogP contribution in [0.4, 0.5) is 38.5 Å². The molecular formula is C77H69FN2S2. The number of fused-ring (bicyclic) bond motifs is 18. The fraction of sp³-hybridized carbons (Fsp3) is 0.221. The van der Waals surface area contributed by atoms with E-state index in [4.69, 9.17) is 0 Å². The molecule has 2 aliphatic rings. The molecule has 10 aromatic carbocycles. The maximum atomic E-state index is 16.3. The van der Waals surface area contributed by atoms with Gasteiger partial charge in [0.25, 0.3) is 0 Å². The average Bonchev–Trinajstić information content (AvgIpc) is 1.71. The predicted molar refractivity (Wildman–Crippen MR) is 353 cm³/mol. The SMILES string of the molecule is CC(C)(C)c1ccc(N(c2ccc(C(C)(C)C)cc2)c2cc3c(c4c2sc2ccccc24)-c2c(cc(N(c4ccc(C(C)(C)C)cc4)c4ccc(C(C)(C)C)cc4)c4c2sc2ccccc24)C32c3ccccc3-c3cc(F)ccc32)cc1. The molecule has 406 valence electrons. The van der Waals surface area contributed by atoms with Crippen LogP contribution in [0.15, 0.2) is 200 Å². The van der Waals surface area contributed by atoms with Crippen LogP contribution in [-0.2, 0) is 27.1 Å². The number of hydrogen-bond donors (Lipinski definition) is 0. The van der Waals surface area contributed by atoms with Crippen LogP contribution in [0, 0.1) is 5.82 Å². The fourth-order valence-electron chi connectivity index (χ4n) is 13.5. The van der Waals surface area contributed by atoms with E-state index in [0.29, 0.717) is 0 Å². The number of thiophene rings is 2. The quantitative estimate of drug-likeness (QED) is 0.164. The Labute approximate surface area is 491 Å². The maximum absolute atomic E-state index is 16.3. The molecule has 1 atom stereocenters. The lowest BCUT2D eigenvalue weighted by molar-refractivity contribution is 0.590. The molecule has 0 aliphatic heterocycles. The van der Waals surface area contributed by atoms with Gasteiger partial charge in [-0.3, -0.25) is 0 Å². The summed E-state index contributed by atoms with van der Waals surface area (Å²) >= 11 is 3.79. The first-order valence-electron chi connectivity index (χ1n) is 29.0. The van der Waals surface area contributed by atoms with Gasteiger partial charge in [0.15, 0.2) is 0 Å². The monoisotopic (exact) mass is 1100 g/mol.